The van der Waals surface area contributed by atoms with Crippen molar-refractivity contribution in [1.29, 1.82) is 0 Å². The molecule has 7 nitrogen and oxygen atoms in total. The molecule has 7 heteroatoms. The summed E-state index contributed by atoms with van der Waals surface area (Å²) >= 11 is 0. The molecule has 3 N–H and O–H groups in total. The Morgan fingerprint density at radius 1 is 1.43 bits per heavy atom. The topological polar surface area (TPSA) is 93.7 Å². The van der Waals surface area contributed by atoms with Crippen molar-refractivity contribution in [3.63, 3.8) is 0 Å². The summed E-state index contributed by atoms with van der Waals surface area (Å²) in [6.45, 7) is 5.25. The van der Waals surface area contributed by atoms with Crippen LogP contribution in [0, 0.1) is 10.1 Å². The normalized spacial score (nSPS) is 10.7. The molecule has 0 aliphatic carbocycles. The highest BCUT2D eigenvalue weighted by Crippen LogP contribution is 2.36. The van der Waals surface area contributed by atoms with Crippen LogP contribution in [-0.4, -0.2) is 31.2 Å². The molecule has 118 valence electrons. The van der Waals surface area contributed by atoms with E-state index in [1.165, 1.54) is 0 Å². The molecule has 0 radical (unpaired) electrons. The maximum Gasteiger partial charge on any atom is 0.316 e. The van der Waals surface area contributed by atoms with Crippen molar-refractivity contribution < 1.29 is 9.66 Å². The van der Waals surface area contributed by atoms with Crippen LogP contribution in [0.4, 0.5) is 17.1 Å². The van der Waals surface area contributed by atoms with Gasteiger partial charge < -0.3 is 15.1 Å². The molecular weight excluding hydrogens is 272 g/mol. The SMILES string of the molecule is CCC(CC)N(CCOC)c1cccc(NN)c1[N+](=O)[O-]. The molecule has 0 saturated carbocycles. The van der Waals surface area contributed by atoms with E-state index in [1.54, 1.807) is 25.3 Å². The highest BCUT2D eigenvalue weighted by Gasteiger charge is 2.26. The fraction of sp³-hybridized carbons (Fsp3) is 0.571. The van der Waals surface area contributed by atoms with Gasteiger partial charge in [-0.25, -0.2) is 0 Å². The van der Waals surface area contributed by atoms with Gasteiger partial charge in [-0.3, -0.25) is 16.0 Å². The number of nitrogen functional groups attached to an aromatic ring is 1. The predicted molar refractivity (Wildman–Crippen MR) is 84.5 cm³/mol. The molecule has 0 unspecified atom stereocenters. The fourth-order valence-electron chi connectivity index (χ4n) is 2.49. The third-order valence-electron chi connectivity index (χ3n) is 3.58. The van der Waals surface area contributed by atoms with Crippen molar-refractivity contribution in [1.82, 2.24) is 0 Å². The Morgan fingerprint density at radius 2 is 2.10 bits per heavy atom. The largest absolute Gasteiger partial charge is 0.383 e. The first kappa shape index (κ1) is 17.2. The van der Waals surface area contributed by atoms with Crippen LogP contribution in [0.5, 0.6) is 0 Å². The van der Waals surface area contributed by atoms with Crippen LogP contribution in [0.15, 0.2) is 18.2 Å². The van der Waals surface area contributed by atoms with Crippen LogP contribution >= 0.6 is 0 Å². The Hall–Kier alpha value is -1.86. The Labute approximate surface area is 125 Å². The standard InChI is InChI=1S/C14H24N4O3/c1-4-11(5-2)17(9-10-21-3)13-8-6-7-12(16-15)14(13)18(19)20/h6-8,11,16H,4-5,9-10,15H2,1-3H3. The highest BCUT2D eigenvalue weighted by molar-refractivity contribution is 5.77. The number of rotatable bonds is 9. The number of hydrogen-bond acceptors (Lipinski definition) is 6. The van der Waals surface area contributed by atoms with E-state index in [1.807, 2.05) is 4.90 Å². The van der Waals surface area contributed by atoms with Crippen LogP contribution in [0.3, 0.4) is 0 Å². The lowest BCUT2D eigenvalue weighted by atomic mass is 10.1. The Balaban J connectivity index is 3.31. The molecule has 1 rings (SSSR count). The first-order valence-electron chi connectivity index (χ1n) is 7.10. The van der Waals surface area contributed by atoms with Crippen molar-refractivity contribution in [3.05, 3.63) is 28.3 Å². The van der Waals surface area contributed by atoms with Gasteiger partial charge in [-0.15, -0.1) is 0 Å². The lowest BCUT2D eigenvalue weighted by Crippen LogP contribution is -2.37. The molecule has 0 aliphatic rings. The third-order valence-corrected chi connectivity index (χ3v) is 3.58. The minimum absolute atomic E-state index is 0.00278. The zero-order valence-electron chi connectivity index (χ0n) is 12.8. The number of hydrazine groups is 1. The average Bonchev–Trinajstić information content (AvgIpc) is 2.50. The van der Waals surface area contributed by atoms with Crippen LogP contribution < -0.4 is 16.2 Å². The lowest BCUT2D eigenvalue weighted by Gasteiger charge is -2.32. The van der Waals surface area contributed by atoms with Gasteiger partial charge in [0.2, 0.25) is 0 Å². The number of nitro groups is 1. The summed E-state index contributed by atoms with van der Waals surface area (Å²) in [6.07, 6.45) is 1.80. The number of nitrogens with one attached hydrogen (secondary N) is 1. The maximum absolute atomic E-state index is 11.4. The zero-order chi connectivity index (χ0) is 15.8. The molecule has 0 aromatic heterocycles. The van der Waals surface area contributed by atoms with Crippen LogP contribution in [-0.2, 0) is 4.74 Å². The van der Waals surface area contributed by atoms with Gasteiger partial charge in [0.1, 0.15) is 11.4 Å². The number of benzene rings is 1. The van der Waals surface area contributed by atoms with Crippen molar-refractivity contribution in [2.75, 3.05) is 30.6 Å². The molecule has 0 atom stereocenters. The number of nitro benzene ring substituents is 1. The van der Waals surface area contributed by atoms with Gasteiger partial charge in [0.05, 0.1) is 11.5 Å². The van der Waals surface area contributed by atoms with Gasteiger partial charge in [-0.05, 0) is 25.0 Å². The summed E-state index contributed by atoms with van der Waals surface area (Å²) in [7, 11) is 1.62. The predicted octanol–water partition coefficient (Wildman–Crippen LogP) is 2.52. The van der Waals surface area contributed by atoms with E-state index in [2.05, 4.69) is 19.3 Å². The molecule has 0 spiro atoms. The second-order valence-corrected chi connectivity index (χ2v) is 4.73. The van der Waals surface area contributed by atoms with E-state index in [9.17, 15) is 10.1 Å². The first-order chi connectivity index (χ1) is 10.1. The molecular formula is C14H24N4O3. The molecule has 0 heterocycles. The van der Waals surface area contributed by atoms with Crippen molar-refractivity contribution >= 4 is 17.1 Å². The van der Waals surface area contributed by atoms with Gasteiger partial charge in [0, 0.05) is 19.7 Å². The van der Waals surface area contributed by atoms with E-state index < -0.39 is 4.92 Å². The molecule has 1 aromatic rings. The maximum atomic E-state index is 11.4. The van der Waals surface area contributed by atoms with Crippen LogP contribution in [0.1, 0.15) is 26.7 Å². The number of para-hydroxylation sites is 1. The van der Waals surface area contributed by atoms with Crippen LogP contribution in [0.2, 0.25) is 0 Å². The van der Waals surface area contributed by atoms with Gasteiger partial charge in [0.15, 0.2) is 0 Å². The minimum atomic E-state index is -0.396. The molecule has 0 saturated heterocycles. The number of nitrogens with two attached hydrogens (primary N) is 1. The fourth-order valence-corrected chi connectivity index (χ4v) is 2.49. The summed E-state index contributed by atoms with van der Waals surface area (Å²) in [5, 5.41) is 11.4. The van der Waals surface area contributed by atoms with E-state index >= 15 is 0 Å². The molecule has 0 aliphatic heterocycles. The summed E-state index contributed by atoms with van der Waals surface area (Å²) in [5.41, 5.74) is 3.29. The lowest BCUT2D eigenvalue weighted by molar-refractivity contribution is -0.383. The molecule has 0 bridgehead atoms. The van der Waals surface area contributed by atoms with Crippen LogP contribution in [0.25, 0.3) is 0 Å². The smallest absolute Gasteiger partial charge is 0.316 e. The average molecular weight is 296 g/mol. The van der Waals surface area contributed by atoms with Gasteiger partial charge in [-0.2, -0.15) is 0 Å². The first-order valence-corrected chi connectivity index (χ1v) is 7.10. The Morgan fingerprint density at radius 3 is 2.57 bits per heavy atom. The summed E-state index contributed by atoms with van der Waals surface area (Å²) in [5.74, 6) is 5.40. The monoisotopic (exact) mass is 296 g/mol. The molecule has 1 aromatic carbocycles. The van der Waals surface area contributed by atoms with E-state index in [4.69, 9.17) is 10.6 Å². The summed E-state index contributed by atoms with van der Waals surface area (Å²) in [4.78, 5) is 13.1. The Kier molecular flexibility index (Phi) is 6.90. The van der Waals surface area contributed by atoms with Crippen molar-refractivity contribution in [2.45, 2.75) is 32.7 Å². The van der Waals surface area contributed by atoms with E-state index in [0.29, 0.717) is 24.5 Å². The second kappa shape index (κ2) is 8.43. The molecule has 21 heavy (non-hydrogen) atoms. The van der Waals surface area contributed by atoms with Gasteiger partial charge in [0.25, 0.3) is 0 Å². The third kappa shape index (κ3) is 4.05. The number of anilines is 2. The second-order valence-electron chi connectivity index (χ2n) is 4.73. The van der Waals surface area contributed by atoms with Crippen molar-refractivity contribution in [3.8, 4) is 0 Å². The molecule has 0 fully saturated rings. The number of methoxy groups -OCH3 is 1. The van der Waals surface area contributed by atoms with E-state index in [-0.39, 0.29) is 11.7 Å². The quantitative estimate of drug-likeness (QED) is 0.413. The van der Waals surface area contributed by atoms with Gasteiger partial charge >= 0.3 is 5.69 Å². The minimum Gasteiger partial charge on any atom is -0.383 e. The molecule has 0 amide bonds. The summed E-state index contributed by atoms with van der Waals surface area (Å²) < 4.78 is 5.14. The zero-order valence-corrected chi connectivity index (χ0v) is 12.8. The Bertz CT molecular complexity index is 464. The number of hydrogen-bond donors (Lipinski definition) is 2. The summed E-state index contributed by atoms with van der Waals surface area (Å²) in [6, 6.07) is 5.34. The highest BCUT2D eigenvalue weighted by atomic mass is 16.6. The number of nitrogens with zero attached hydrogens (tertiary/aromatic N) is 2. The number of ether oxygens (including phenoxy) is 1. The van der Waals surface area contributed by atoms with Crippen molar-refractivity contribution in [2.24, 2.45) is 5.84 Å². The van der Waals surface area contributed by atoms with Gasteiger partial charge in [-0.1, -0.05) is 19.9 Å². The van der Waals surface area contributed by atoms with E-state index in [0.717, 1.165) is 12.8 Å².